The average molecular weight is 548 g/mol. The number of carbonyl (C=O) groups excluding carboxylic acids is 2. The van der Waals surface area contributed by atoms with Crippen LogP contribution in [0.2, 0.25) is 0 Å². The molecule has 39 heavy (non-hydrogen) atoms. The zero-order valence-corrected chi connectivity index (χ0v) is 23.2. The lowest BCUT2D eigenvalue weighted by Crippen LogP contribution is -2.57. The first kappa shape index (κ1) is 29.6. The van der Waals surface area contributed by atoms with Crippen molar-refractivity contribution >= 4 is 11.8 Å². The minimum atomic E-state index is -3.21. The minimum Gasteiger partial charge on any atom is -0.374 e. The summed E-state index contributed by atoms with van der Waals surface area (Å²) in [7, 11) is 0. The second-order valence-corrected chi connectivity index (χ2v) is 11.4. The molecule has 0 saturated carbocycles. The fourth-order valence-electron chi connectivity index (χ4n) is 6.63. The highest BCUT2D eigenvalue weighted by molar-refractivity contribution is 5.96. The Morgan fingerprint density at radius 2 is 1.79 bits per heavy atom. The van der Waals surface area contributed by atoms with Gasteiger partial charge in [0.15, 0.2) is 0 Å². The smallest absolute Gasteiger partial charge is 0.279 e. The number of alkyl halides is 2. The molecule has 3 N–H and O–H groups in total. The maximum absolute atomic E-state index is 14.2. The molecule has 0 aromatic rings. The molecule has 4 aliphatic rings. The molecule has 2 heterocycles. The van der Waals surface area contributed by atoms with E-state index in [9.17, 15) is 23.5 Å². The third-order valence-electron chi connectivity index (χ3n) is 8.94. The van der Waals surface area contributed by atoms with Gasteiger partial charge in [0.25, 0.3) is 12.3 Å². The van der Waals surface area contributed by atoms with E-state index in [4.69, 9.17) is 10.5 Å². The first-order valence-electron chi connectivity index (χ1n) is 14.4. The molecule has 3 atom stereocenters. The van der Waals surface area contributed by atoms with Gasteiger partial charge in [-0.15, -0.1) is 0 Å². The first-order chi connectivity index (χ1) is 18.6. The van der Waals surface area contributed by atoms with Gasteiger partial charge in [0.2, 0.25) is 11.5 Å². The fraction of sp³-hybridized carbons (Fsp3) is 0.667. The van der Waals surface area contributed by atoms with Gasteiger partial charge in [-0.3, -0.25) is 14.5 Å². The molecule has 2 amide bonds. The average Bonchev–Trinajstić information content (AvgIpc) is 2.93. The standard InChI is InChI=1S/C30H43F2N3O4/c1-3-39-25-6-4-5-23(19-25)30(38,28(31)32)29(37)35-15-11-22(12-16-35)18-21-9-13-34(14-10-21)24-7-8-26(27(33)36)20(2)17-24/h4-6,8,17,21-22,24-25,28,38H,3,7,9-16,18-19H2,1-2H3,(H2,33,36)/t24?,25?,30-/m0/s1. The molecule has 7 nitrogen and oxygen atoms in total. The van der Waals surface area contributed by atoms with E-state index in [1.165, 1.54) is 11.0 Å². The summed E-state index contributed by atoms with van der Waals surface area (Å²) in [6.45, 7) is 6.95. The molecular formula is C30H43F2N3O4. The van der Waals surface area contributed by atoms with Gasteiger partial charge < -0.3 is 20.5 Å². The maximum atomic E-state index is 14.2. The summed E-state index contributed by atoms with van der Waals surface area (Å²) in [5.41, 5.74) is 4.23. The number of allylic oxidation sites excluding steroid dienone is 2. The zero-order valence-electron chi connectivity index (χ0n) is 23.2. The van der Waals surface area contributed by atoms with E-state index in [-0.39, 0.29) is 17.9 Å². The van der Waals surface area contributed by atoms with Crippen molar-refractivity contribution in [3.8, 4) is 0 Å². The summed E-state index contributed by atoms with van der Waals surface area (Å²) in [5.74, 6) is -0.217. The summed E-state index contributed by atoms with van der Waals surface area (Å²) in [6, 6.07) is 0.301. The van der Waals surface area contributed by atoms with E-state index in [0.717, 1.165) is 57.2 Å². The maximum Gasteiger partial charge on any atom is 0.279 e. The summed E-state index contributed by atoms with van der Waals surface area (Å²) >= 11 is 0. The topological polar surface area (TPSA) is 96.1 Å². The molecule has 216 valence electrons. The molecule has 4 rings (SSSR count). The minimum absolute atomic E-state index is 0.0154. The number of piperidine rings is 2. The van der Waals surface area contributed by atoms with Gasteiger partial charge in [0, 0.05) is 37.7 Å². The number of hydrogen-bond donors (Lipinski definition) is 2. The number of aliphatic hydroxyl groups is 1. The van der Waals surface area contributed by atoms with Crippen LogP contribution in [0.15, 0.2) is 47.1 Å². The molecule has 2 aliphatic heterocycles. The Morgan fingerprint density at radius 3 is 2.36 bits per heavy atom. The highest BCUT2D eigenvalue weighted by atomic mass is 19.3. The van der Waals surface area contributed by atoms with Crippen molar-refractivity contribution in [3.63, 3.8) is 0 Å². The van der Waals surface area contributed by atoms with Gasteiger partial charge in [-0.25, -0.2) is 8.78 Å². The molecule has 0 spiro atoms. The van der Waals surface area contributed by atoms with Crippen LogP contribution in [0.1, 0.15) is 58.8 Å². The summed E-state index contributed by atoms with van der Waals surface area (Å²) in [6.07, 6.45) is 10.9. The van der Waals surface area contributed by atoms with Crippen LogP contribution in [0, 0.1) is 11.8 Å². The van der Waals surface area contributed by atoms with E-state index in [2.05, 4.69) is 11.0 Å². The number of carbonyl (C=O) groups is 2. The van der Waals surface area contributed by atoms with Crippen LogP contribution >= 0.6 is 0 Å². The van der Waals surface area contributed by atoms with Crippen molar-refractivity contribution in [1.29, 1.82) is 0 Å². The zero-order chi connectivity index (χ0) is 28.2. The van der Waals surface area contributed by atoms with Gasteiger partial charge in [0.1, 0.15) is 0 Å². The molecule has 2 unspecified atom stereocenters. The highest BCUT2D eigenvalue weighted by Gasteiger charge is 2.51. The number of halogens is 2. The summed E-state index contributed by atoms with van der Waals surface area (Å²) in [4.78, 5) is 28.7. The van der Waals surface area contributed by atoms with Crippen LogP contribution in [0.5, 0.6) is 0 Å². The third kappa shape index (κ3) is 6.69. The molecule has 2 saturated heterocycles. The van der Waals surface area contributed by atoms with Crippen molar-refractivity contribution < 1.29 is 28.2 Å². The second-order valence-electron chi connectivity index (χ2n) is 11.4. The van der Waals surface area contributed by atoms with Crippen LogP contribution in [-0.2, 0) is 14.3 Å². The van der Waals surface area contributed by atoms with Gasteiger partial charge in [-0.1, -0.05) is 30.4 Å². The number of nitrogens with zero attached hydrogens (tertiary/aromatic N) is 2. The van der Waals surface area contributed by atoms with Gasteiger partial charge in [0.05, 0.1) is 6.10 Å². The van der Waals surface area contributed by atoms with Gasteiger partial charge >= 0.3 is 0 Å². The molecule has 2 fully saturated rings. The van der Waals surface area contributed by atoms with Crippen molar-refractivity contribution in [2.75, 3.05) is 32.8 Å². The monoisotopic (exact) mass is 547 g/mol. The van der Waals surface area contributed by atoms with Crippen LogP contribution in [0.3, 0.4) is 0 Å². The van der Waals surface area contributed by atoms with Gasteiger partial charge in [-0.2, -0.15) is 0 Å². The van der Waals surface area contributed by atoms with E-state index >= 15 is 0 Å². The van der Waals surface area contributed by atoms with E-state index in [1.807, 2.05) is 19.9 Å². The highest BCUT2D eigenvalue weighted by Crippen LogP contribution is 2.36. The predicted octanol–water partition coefficient (Wildman–Crippen LogP) is 3.75. The Bertz CT molecular complexity index is 1020. The second kappa shape index (κ2) is 12.9. The lowest BCUT2D eigenvalue weighted by molar-refractivity contribution is -0.164. The molecule has 0 bridgehead atoms. The van der Waals surface area contributed by atoms with E-state index in [0.29, 0.717) is 43.1 Å². The Morgan fingerprint density at radius 1 is 1.15 bits per heavy atom. The Kier molecular flexibility index (Phi) is 9.78. The number of ether oxygens (including phenoxy) is 1. The SMILES string of the molecule is CCOC1C=CC=C([C@@](O)(C(=O)N2CCC(CC3CCN(C4C=C(C)C(C(N)=O)=CC4)CC3)CC2)C(F)F)C1. The number of primary amides is 1. The molecule has 0 radical (unpaired) electrons. The summed E-state index contributed by atoms with van der Waals surface area (Å²) < 4.78 is 33.9. The normalized spacial score (nSPS) is 27.1. The Hall–Kier alpha value is -2.36. The number of likely N-dealkylation sites (tertiary alicyclic amines) is 2. The van der Waals surface area contributed by atoms with E-state index < -0.39 is 24.0 Å². The number of rotatable bonds is 9. The van der Waals surface area contributed by atoms with Crippen LogP contribution in [0.25, 0.3) is 0 Å². The lowest BCUT2D eigenvalue weighted by Gasteiger charge is -2.41. The van der Waals surface area contributed by atoms with Crippen LogP contribution < -0.4 is 5.73 Å². The third-order valence-corrected chi connectivity index (χ3v) is 8.94. The van der Waals surface area contributed by atoms with Crippen LogP contribution in [0.4, 0.5) is 8.78 Å². The van der Waals surface area contributed by atoms with Crippen molar-refractivity contribution in [2.24, 2.45) is 17.6 Å². The van der Waals surface area contributed by atoms with Gasteiger partial charge in [-0.05, 0) is 88.4 Å². The Balaban J connectivity index is 1.25. The molecule has 2 aliphatic carbocycles. The number of nitrogens with two attached hydrogens (primary N) is 1. The largest absolute Gasteiger partial charge is 0.374 e. The summed E-state index contributed by atoms with van der Waals surface area (Å²) in [5, 5.41) is 11.0. The fourth-order valence-corrected chi connectivity index (χ4v) is 6.63. The number of amides is 2. The van der Waals surface area contributed by atoms with E-state index in [1.54, 1.807) is 12.2 Å². The van der Waals surface area contributed by atoms with Crippen molar-refractivity contribution in [2.45, 2.75) is 83.0 Å². The van der Waals surface area contributed by atoms with Crippen molar-refractivity contribution in [1.82, 2.24) is 9.80 Å². The Labute approximate surface area is 230 Å². The molecular weight excluding hydrogens is 504 g/mol. The lowest BCUT2D eigenvalue weighted by atomic mass is 9.81. The quantitative estimate of drug-likeness (QED) is 0.459. The number of hydrogen-bond acceptors (Lipinski definition) is 5. The molecule has 0 aromatic heterocycles. The first-order valence-corrected chi connectivity index (χ1v) is 14.4. The molecule has 0 aromatic carbocycles. The van der Waals surface area contributed by atoms with Crippen LogP contribution in [-0.4, -0.2) is 83.7 Å². The predicted molar refractivity (Wildman–Crippen MR) is 146 cm³/mol. The molecule has 9 heteroatoms. The van der Waals surface area contributed by atoms with Crippen molar-refractivity contribution in [3.05, 3.63) is 47.1 Å².